The predicted molar refractivity (Wildman–Crippen MR) is 72.4 cm³/mol. The van der Waals surface area contributed by atoms with Gasteiger partial charge < -0.3 is 14.6 Å². The Morgan fingerprint density at radius 2 is 2.00 bits per heavy atom. The van der Waals surface area contributed by atoms with Crippen LogP contribution in [0.1, 0.15) is 11.3 Å². The smallest absolute Gasteiger partial charge is 0.416 e. The van der Waals surface area contributed by atoms with E-state index in [4.69, 9.17) is 4.74 Å². The number of hydrogen-bond acceptors (Lipinski definition) is 4. The molecule has 0 bridgehead atoms. The van der Waals surface area contributed by atoms with Gasteiger partial charge in [0, 0.05) is 11.1 Å². The van der Waals surface area contributed by atoms with Gasteiger partial charge in [-0.25, -0.2) is 9.36 Å². The van der Waals surface area contributed by atoms with Gasteiger partial charge >= 0.3 is 12.1 Å². The highest BCUT2D eigenvalue weighted by atomic mass is 16.5. The molecule has 2 aromatic rings. The van der Waals surface area contributed by atoms with E-state index < -0.39 is 12.1 Å². The van der Waals surface area contributed by atoms with Gasteiger partial charge in [0.05, 0.1) is 26.2 Å². The first kappa shape index (κ1) is 13.9. The fourth-order valence-electron chi connectivity index (χ4n) is 2.28. The summed E-state index contributed by atoms with van der Waals surface area (Å²) in [6, 6.07) is 5.07. The number of benzene rings is 1. The van der Waals surface area contributed by atoms with E-state index in [0.717, 1.165) is 4.57 Å². The zero-order valence-corrected chi connectivity index (χ0v) is 11.5. The van der Waals surface area contributed by atoms with Crippen LogP contribution in [0.25, 0.3) is 10.9 Å². The van der Waals surface area contributed by atoms with Gasteiger partial charge in [-0.05, 0) is 30.7 Å². The fraction of sp³-hybridized carbons (Fsp3) is 0.286. The lowest BCUT2D eigenvalue weighted by Gasteiger charge is -2.02. The summed E-state index contributed by atoms with van der Waals surface area (Å²) in [5.41, 5.74) is 1.66. The average Bonchev–Trinajstić information content (AvgIpc) is 2.70. The molecule has 0 saturated heterocycles. The molecule has 0 amide bonds. The molecule has 20 heavy (non-hydrogen) atoms. The zero-order valence-electron chi connectivity index (χ0n) is 11.5. The molecule has 1 aromatic heterocycles. The van der Waals surface area contributed by atoms with Crippen molar-refractivity contribution in [1.82, 2.24) is 4.57 Å². The topological polar surface area (TPSA) is 77.8 Å². The molecule has 0 spiro atoms. The van der Waals surface area contributed by atoms with Gasteiger partial charge in [-0.2, -0.15) is 0 Å². The van der Waals surface area contributed by atoms with Crippen molar-refractivity contribution in [3.8, 4) is 5.75 Å². The van der Waals surface area contributed by atoms with E-state index in [1.165, 1.54) is 14.2 Å². The Bertz CT molecular complexity index is 686. The van der Waals surface area contributed by atoms with E-state index >= 15 is 0 Å². The maximum absolute atomic E-state index is 11.5. The maximum atomic E-state index is 11.5. The summed E-state index contributed by atoms with van der Waals surface area (Å²) in [6.07, 6.45) is -1.07. The highest BCUT2D eigenvalue weighted by Gasteiger charge is 2.20. The number of rotatable bonds is 3. The molecular weight excluding hydrogens is 262 g/mol. The third-order valence-corrected chi connectivity index (χ3v) is 3.28. The number of carbonyl (C=O) groups excluding carboxylic acids is 1. The Kier molecular flexibility index (Phi) is 3.65. The van der Waals surface area contributed by atoms with E-state index in [0.29, 0.717) is 27.9 Å². The first-order chi connectivity index (χ1) is 9.49. The maximum Gasteiger partial charge on any atom is 0.416 e. The minimum Gasteiger partial charge on any atom is -0.497 e. The summed E-state index contributed by atoms with van der Waals surface area (Å²) in [6.45, 7) is 1.67. The molecule has 1 N–H and O–H groups in total. The Labute approximate surface area is 115 Å². The van der Waals surface area contributed by atoms with Crippen molar-refractivity contribution in [2.45, 2.75) is 13.3 Å². The van der Waals surface area contributed by atoms with Crippen LogP contribution in [0, 0.1) is 6.92 Å². The van der Waals surface area contributed by atoms with Gasteiger partial charge in [0.2, 0.25) is 0 Å². The van der Waals surface area contributed by atoms with Gasteiger partial charge in [0.1, 0.15) is 5.75 Å². The van der Waals surface area contributed by atoms with Crippen LogP contribution < -0.4 is 4.74 Å². The number of aromatic nitrogens is 1. The molecule has 0 aliphatic rings. The molecular formula is C14H15NO5. The standard InChI is InChI=1S/C14H15NO5/c1-8-10(7-13(16)20-3)11-6-9(19-2)4-5-12(11)15(8)14(17)18/h4-6H,7H2,1-3H3,(H,17,18). The number of nitrogens with zero attached hydrogens (tertiary/aromatic N) is 1. The van der Waals surface area contributed by atoms with E-state index in [9.17, 15) is 14.7 Å². The second-order valence-corrected chi connectivity index (χ2v) is 4.32. The van der Waals surface area contributed by atoms with Crippen LogP contribution in [0.3, 0.4) is 0 Å². The summed E-state index contributed by atoms with van der Waals surface area (Å²) in [5.74, 6) is 0.187. The van der Waals surface area contributed by atoms with Crippen molar-refractivity contribution in [3.05, 3.63) is 29.5 Å². The lowest BCUT2D eigenvalue weighted by atomic mass is 10.1. The molecule has 0 radical (unpaired) electrons. The predicted octanol–water partition coefficient (Wildman–Crippen LogP) is 2.20. The minimum absolute atomic E-state index is 0.0201. The average molecular weight is 277 g/mol. The Hall–Kier alpha value is -2.50. The highest BCUT2D eigenvalue weighted by Crippen LogP contribution is 2.29. The second kappa shape index (κ2) is 5.24. The van der Waals surface area contributed by atoms with Gasteiger partial charge in [-0.1, -0.05) is 0 Å². The number of carboxylic acid groups (broad SMARTS) is 1. The van der Waals surface area contributed by atoms with Gasteiger partial charge in [0.25, 0.3) is 0 Å². The Balaban J connectivity index is 2.73. The molecule has 1 aromatic carbocycles. The Morgan fingerprint density at radius 1 is 1.30 bits per heavy atom. The van der Waals surface area contributed by atoms with E-state index in [-0.39, 0.29) is 6.42 Å². The van der Waals surface area contributed by atoms with Crippen molar-refractivity contribution in [3.63, 3.8) is 0 Å². The number of ether oxygens (including phenoxy) is 2. The summed E-state index contributed by atoms with van der Waals surface area (Å²) < 4.78 is 11.0. The molecule has 1 heterocycles. The zero-order chi connectivity index (χ0) is 14.9. The van der Waals surface area contributed by atoms with Crippen LogP contribution in [0.5, 0.6) is 5.75 Å². The van der Waals surface area contributed by atoms with Crippen molar-refractivity contribution >= 4 is 23.0 Å². The SMILES string of the molecule is COC(=O)Cc1c(C)n(C(=O)O)c2ccc(OC)cc12. The van der Waals surface area contributed by atoms with Gasteiger partial charge in [0.15, 0.2) is 0 Å². The van der Waals surface area contributed by atoms with Crippen molar-refractivity contribution in [2.75, 3.05) is 14.2 Å². The van der Waals surface area contributed by atoms with E-state index in [1.54, 1.807) is 25.1 Å². The molecule has 0 aliphatic heterocycles. The van der Waals surface area contributed by atoms with Crippen LogP contribution in [-0.2, 0) is 16.0 Å². The largest absolute Gasteiger partial charge is 0.497 e. The first-order valence-electron chi connectivity index (χ1n) is 5.97. The monoisotopic (exact) mass is 277 g/mol. The van der Waals surface area contributed by atoms with Crippen LogP contribution in [0.2, 0.25) is 0 Å². The van der Waals surface area contributed by atoms with E-state index in [1.807, 2.05) is 0 Å². The molecule has 0 atom stereocenters. The molecule has 0 fully saturated rings. The highest BCUT2D eigenvalue weighted by molar-refractivity contribution is 5.95. The van der Waals surface area contributed by atoms with Crippen LogP contribution in [0.4, 0.5) is 4.79 Å². The summed E-state index contributed by atoms with van der Waals surface area (Å²) in [4.78, 5) is 22.9. The lowest BCUT2D eigenvalue weighted by molar-refractivity contribution is -0.139. The normalized spacial score (nSPS) is 10.6. The van der Waals surface area contributed by atoms with Crippen molar-refractivity contribution in [1.29, 1.82) is 0 Å². The molecule has 0 unspecified atom stereocenters. The van der Waals surface area contributed by atoms with Crippen molar-refractivity contribution in [2.24, 2.45) is 0 Å². The summed E-state index contributed by atoms with van der Waals surface area (Å²) >= 11 is 0. The third-order valence-electron chi connectivity index (χ3n) is 3.28. The first-order valence-corrected chi connectivity index (χ1v) is 5.97. The van der Waals surface area contributed by atoms with E-state index in [2.05, 4.69) is 4.74 Å². The molecule has 2 rings (SSSR count). The number of hydrogen-bond donors (Lipinski definition) is 1. The van der Waals surface area contributed by atoms with Gasteiger partial charge in [-0.3, -0.25) is 4.79 Å². The number of carbonyl (C=O) groups is 2. The quantitative estimate of drug-likeness (QED) is 0.870. The molecule has 0 saturated carbocycles. The van der Waals surface area contributed by atoms with Crippen LogP contribution in [-0.4, -0.2) is 36.0 Å². The fourth-order valence-corrected chi connectivity index (χ4v) is 2.28. The summed E-state index contributed by atoms with van der Waals surface area (Å²) in [7, 11) is 2.83. The Morgan fingerprint density at radius 3 is 2.55 bits per heavy atom. The van der Waals surface area contributed by atoms with Crippen LogP contribution in [0.15, 0.2) is 18.2 Å². The molecule has 6 nitrogen and oxygen atoms in total. The lowest BCUT2D eigenvalue weighted by Crippen LogP contribution is -2.11. The number of methoxy groups -OCH3 is 2. The third kappa shape index (κ3) is 2.20. The van der Waals surface area contributed by atoms with Gasteiger partial charge in [-0.15, -0.1) is 0 Å². The van der Waals surface area contributed by atoms with Crippen molar-refractivity contribution < 1.29 is 24.2 Å². The molecule has 106 valence electrons. The molecule has 0 aliphatic carbocycles. The minimum atomic E-state index is -1.09. The molecule has 6 heteroatoms. The number of fused-ring (bicyclic) bond motifs is 1. The second-order valence-electron chi connectivity index (χ2n) is 4.32. The number of esters is 1. The summed E-state index contributed by atoms with van der Waals surface area (Å²) in [5, 5.41) is 9.99. The van der Waals surface area contributed by atoms with Crippen LogP contribution >= 0.6 is 0 Å².